The fourth-order valence-corrected chi connectivity index (χ4v) is 7.91. The number of furan rings is 2. The van der Waals surface area contributed by atoms with Crippen LogP contribution in [-0.4, -0.2) is 15.0 Å². The first-order valence-corrected chi connectivity index (χ1v) is 17.6. The normalized spacial score (nSPS) is 16.7. The van der Waals surface area contributed by atoms with Crippen molar-refractivity contribution < 1.29 is 8.83 Å². The lowest BCUT2D eigenvalue weighted by atomic mass is 9.83. The minimum Gasteiger partial charge on any atom is -0.456 e. The Labute approximate surface area is 298 Å². The number of para-hydroxylation sites is 2. The summed E-state index contributed by atoms with van der Waals surface area (Å²) in [5.74, 6) is 2.49. The maximum atomic E-state index is 6.25. The number of allylic oxidation sites excluding steroid dienone is 8. The highest BCUT2D eigenvalue weighted by molar-refractivity contribution is 6.13. The van der Waals surface area contributed by atoms with Gasteiger partial charge < -0.3 is 8.83 Å². The van der Waals surface area contributed by atoms with Gasteiger partial charge in [-0.3, -0.25) is 0 Å². The predicted octanol–water partition coefficient (Wildman–Crippen LogP) is 12.1. The van der Waals surface area contributed by atoms with Gasteiger partial charge in [0.2, 0.25) is 0 Å². The van der Waals surface area contributed by atoms with Crippen LogP contribution in [0.1, 0.15) is 5.82 Å². The first-order chi connectivity index (χ1) is 25.7. The minimum absolute atomic E-state index is 0.260. The molecule has 244 valence electrons. The van der Waals surface area contributed by atoms with Crippen LogP contribution in [0.4, 0.5) is 0 Å². The molecule has 5 nitrogen and oxygen atoms in total. The number of hydrogen-bond donors (Lipinski definition) is 0. The fraction of sp³-hybridized carbons (Fsp3) is 0.0426. The molecule has 9 aromatic rings. The average molecular weight is 668 g/mol. The summed E-state index contributed by atoms with van der Waals surface area (Å²) in [5, 5.41) is 6.54. The molecule has 2 aliphatic rings. The molecule has 2 aliphatic carbocycles. The summed E-state index contributed by atoms with van der Waals surface area (Å²) in [7, 11) is 0. The highest BCUT2D eigenvalue weighted by Gasteiger charge is 2.22. The molecule has 2 atom stereocenters. The minimum atomic E-state index is 0.260. The SMILES string of the molecule is C1=CC2C=CC(c3nc(-c4ccc5cc(-c6cccc7oc8ccccc8c67)ccc5c4)nc(-c4cccc5oc6ccccc6c45)n3)=CC2C=C1. The molecule has 52 heavy (non-hydrogen) atoms. The van der Waals surface area contributed by atoms with Crippen LogP contribution in [-0.2, 0) is 0 Å². The molecular weight excluding hydrogens is 639 g/mol. The summed E-state index contributed by atoms with van der Waals surface area (Å²) in [6.45, 7) is 0. The van der Waals surface area contributed by atoms with E-state index in [-0.39, 0.29) is 5.92 Å². The van der Waals surface area contributed by atoms with Crippen LogP contribution in [0, 0.1) is 11.8 Å². The number of aromatic nitrogens is 3. The Morgan fingerprint density at radius 1 is 0.442 bits per heavy atom. The van der Waals surface area contributed by atoms with E-state index in [1.165, 1.54) is 0 Å². The largest absolute Gasteiger partial charge is 0.456 e. The lowest BCUT2D eigenvalue weighted by Gasteiger charge is -2.22. The molecule has 0 bridgehead atoms. The molecule has 0 amide bonds. The van der Waals surface area contributed by atoms with Crippen LogP contribution >= 0.6 is 0 Å². The molecule has 11 rings (SSSR count). The monoisotopic (exact) mass is 667 g/mol. The van der Waals surface area contributed by atoms with Crippen molar-refractivity contribution in [1.82, 2.24) is 15.0 Å². The quantitative estimate of drug-likeness (QED) is 0.187. The zero-order chi connectivity index (χ0) is 34.2. The Balaban J connectivity index is 1.06. The topological polar surface area (TPSA) is 65.0 Å². The third-order valence-corrected chi connectivity index (χ3v) is 10.4. The number of hydrogen-bond acceptors (Lipinski definition) is 5. The van der Waals surface area contributed by atoms with Gasteiger partial charge in [0.1, 0.15) is 22.3 Å². The van der Waals surface area contributed by atoms with Crippen LogP contribution in [0.5, 0.6) is 0 Å². The van der Waals surface area contributed by atoms with Gasteiger partial charge in [-0.1, -0.05) is 127 Å². The van der Waals surface area contributed by atoms with E-state index in [0.717, 1.165) is 82.5 Å². The molecule has 0 N–H and O–H groups in total. The Hall–Kier alpha value is -6.85. The van der Waals surface area contributed by atoms with Crippen molar-refractivity contribution in [1.29, 1.82) is 0 Å². The van der Waals surface area contributed by atoms with E-state index in [4.69, 9.17) is 23.8 Å². The fourth-order valence-electron chi connectivity index (χ4n) is 7.91. The van der Waals surface area contributed by atoms with Crippen molar-refractivity contribution in [2.45, 2.75) is 0 Å². The van der Waals surface area contributed by atoms with Gasteiger partial charge >= 0.3 is 0 Å². The van der Waals surface area contributed by atoms with E-state index in [9.17, 15) is 0 Å². The maximum Gasteiger partial charge on any atom is 0.164 e. The first-order valence-electron chi connectivity index (χ1n) is 17.6. The molecule has 3 aromatic heterocycles. The van der Waals surface area contributed by atoms with Gasteiger partial charge in [0.05, 0.1) is 0 Å². The zero-order valence-electron chi connectivity index (χ0n) is 27.9. The van der Waals surface area contributed by atoms with Crippen LogP contribution in [0.2, 0.25) is 0 Å². The predicted molar refractivity (Wildman–Crippen MR) is 211 cm³/mol. The summed E-state index contributed by atoms with van der Waals surface area (Å²) in [5.41, 5.74) is 8.56. The van der Waals surface area contributed by atoms with E-state index in [1.807, 2.05) is 48.5 Å². The van der Waals surface area contributed by atoms with Gasteiger partial charge in [0.25, 0.3) is 0 Å². The molecule has 6 aromatic carbocycles. The average Bonchev–Trinajstić information content (AvgIpc) is 3.79. The molecule has 2 unspecified atom stereocenters. The van der Waals surface area contributed by atoms with E-state index < -0.39 is 0 Å². The smallest absolute Gasteiger partial charge is 0.164 e. The Bertz CT molecular complexity index is 3050. The molecule has 0 spiro atoms. The summed E-state index contributed by atoms with van der Waals surface area (Å²) >= 11 is 0. The van der Waals surface area contributed by atoms with Crippen LogP contribution in [0.3, 0.4) is 0 Å². The third kappa shape index (κ3) is 4.60. The van der Waals surface area contributed by atoms with Crippen molar-refractivity contribution in [3.63, 3.8) is 0 Å². The zero-order valence-corrected chi connectivity index (χ0v) is 27.9. The summed E-state index contributed by atoms with van der Waals surface area (Å²) < 4.78 is 12.4. The summed E-state index contributed by atoms with van der Waals surface area (Å²) in [4.78, 5) is 15.4. The molecular formula is C47H29N3O2. The molecule has 0 aliphatic heterocycles. The van der Waals surface area contributed by atoms with E-state index in [2.05, 4.69) is 115 Å². The standard InChI is InChI=1S/C47H29N3O2/c1-2-10-29-26-33(23-19-28(29)9-1)45-48-46(50-47(49-45)38-14-8-18-42-44(38)37-12-4-6-16-40(37)52-42)34-24-21-30-25-32(22-20-31(30)27-34)35-13-7-17-41-43(35)36-11-3-5-15-39(36)51-41/h1-29H. The van der Waals surface area contributed by atoms with E-state index in [1.54, 1.807) is 0 Å². The second kappa shape index (κ2) is 11.3. The van der Waals surface area contributed by atoms with Crippen molar-refractivity contribution in [3.8, 4) is 33.9 Å². The van der Waals surface area contributed by atoms with Gasteiger partial charge in [0.15, 0.2) is 17.5 Å². The summed E-state index contributed by atoms with van der Waals surface area (Å²) in [6.07, 6.45) is 15.4. The van der Waals surface area contributed by atoms with Gasteiger partial charge in [0, 0.05) is 50.1 Å². The lowest BCUT2D eigenvalue weighted by Crippen LogP contribution is -2.12. The molecule has 5 heteroatoms. The Kier molecular flexibility index (Phi) is 6.31. The van der Waals surface area contributed by atoms with Crippen molar-refractivity contribution in [2.75, 3.05) is 0 Å². The van der Waals surface area contributed by atoms with Gasteiger partial charge in [-0.25, -0.2) is 15.0 Å². The number of rotatable bonds is 4. The Morgan fingerprint density at radius 2 is 1.02 bits per heavy atom. The molecule has 0 fully saturated rings. The number of fused-ring (bicyclic) bond motifs is 8. The van der Waals surface area contributed by atoms with E-state index in [0.29, 0.717) is 23.4 Å². The van der Waals surface area contributed by atoms with Gasteiger partial charge in [-0.2, -0.15) is 0 Å². The van der Waals surface area contributed by atoms with Crippen molar-refractivity contribution >= 4 is 60.2 Å². The second-order valence-electron chi connectivity index (χ2n) is 13.5. The molecule has 3 heterocycles. The third-order valence-electron chi connectivity index (χ3n) is 10.4. The highest BCUT2D eigenvalue weighted by atomic mass is 16.3. The van der Waals surface area contributed by atoms with Gasteiger partial charge in [-0.05, 0) is 58.3 Å². The first kappa shape index (κ1) is 28.9. The molecule has 0 saturated carbocycles. The van der Waals surface area contributed by atoms with Crippen LogP contribution in [0.25, 0.3) is 94.1 Å². The van der Waals surface area contributed by atoms with Crippen LogP contribution in [0.15, 0.2) is 173 Å². The molecule has 0 radical (unpaired) electrons. The number of nitrogens with zero attached hydrogens (tertiary/aromatic N) is 3. The highest BCUT2D eigenvalue weighted by Crippen LogP contribution is 2.40. The molecule has 0 saturated heterocycles. The van der Waals surface area contributed by atoms with Crippen molar-refractivity contribution in [3.05, 3.63) is 170 Å². The van der Waals surface area contributed by atoms with Gasteiger partial charge in [-0.15, -0.1) is 0 Å². The van der Waals surface area contributed by atoms with Crippen molar-refractivity contribution in [2.24, 2.45) is 11.8 Å². The van der Waals surface area contributed by atoms with Crippen LogP contribution < -0.4 is 0 Å². The Morgan fingerprint density at radius 3 is 1.77 bits per heavy atom. The number of benzene rings is 6. The van der Waals surface area contributed by atoms with E-state index >= 15 is 0 Å². The summed E-state index contributed by atoms with van der Waals surface area (Å²) in [6, 6.07) is 41.8. The second-order valence-corrected chi connectivity index (χ2v) is 13.5. The maximum absolute atomic E-state index is 6.25. The lowest BCUT2D eigenvalue weighted by molar-refractivity contribution is 0.662.